The van der Waals surface area contributed by atoms with E-state index in [1.165, 1.54) is 47.4 Å². The van der Waals surface area contributed by atoms with Gasteiger partial charge < -0.3 is 36.2 Å². The predicted molar refractivity (Wildman–Crippen MR) is 175 cm³/mol. The highest BCUT2D eigenvalue weighted by atomic mass is 32.2. The number of aromatic hydroxyl groups is 1. The van der Waals surface area contributed by atoms with Gasteiger partial charge in [0.15, 0.2) is 0 Å². The van der Waals surface area contributed by atoms with Crippen molar-refractivity contribution in [3.8, 4) is 5.75 Å². The third-order valence-electron chi connectivity index (χ3n) is 8.24. The van der Waals surface area contributed by atoms with E-state index in [1.54, 1.807) is 11.0 Å². The van der Waals surface area contributed by atoms with E-state index in [1.807, 2.05) is 0 Å². The molecular weight excluding hydrogens is 725 g/mol. The van der Waals surface area contributed by atoms with Crippen molar-refractivity contribution < 1.29 is 44.1 Å². The monoisotopic (exact) mass is 750 g/mol. The van der Waals surface area contributed by atoms with E-state index in [0.29, 0.717) is 11.1 Å². The Kier molecular flexibility index (Phi) is 8.69. The summed E-state index contributed by atoms with van der Waals surface area (Å²) in [5, 5.41) is 48.4. The molecule has 2 unspecified atom stereocenters. The number of carbonyl (C=O) groups excluding carboxylic acids is 4. The van der Waals surface area contributed by atoms with Gasteiger partial charge >= 0.3 is 24.0 Å². The SMILES string of the molecule is O=C(O)Cn1nnnc1SCC1=C(C(=O)O)N2C(=O)C(NC(=O)C3(NC(=O)N4CCNC4=O)c4ccc(O)c(c4)N3C3SCCS3)[C@@H]2SC1. The van der Waals surface area contributed by atoms with E-state index in [9.17, 15) is 39.0 Å². The van der Waals surface area contributed by atoms with Gasteiger partial charge in [-0.25, -0.2) is 24.0 Å². The summed E-state index contributed by atoms with van der Waals surface area (Å²) in [4.78, 5) is 81.5. The smallest absolute Gasteiger partial charge is 0.352 e. The number of thioether (sulfide) groups is 4. The molecule has 0 radical (unpaired) electrons. The third kappa shape index (κ3) is 5.56. The number of phenols is 1. The average Bonchev–Trinajstić information content (AvgIpc) is 3.88. The summed E-state index contributed by atoms with van der Waals surface area (Å²) in [6, 6.07) is 1.80. The van der Waals surface area contributed by atoms with E-state index < -0.39 is 64.1 Å². The minimum absolute atomic E-state index is 0.0478. The molecule has 2 aromatic rings. The first-order valence-electron chi connectivity index (χ1n) is 14.6. The van der Waals surface area contributed by atoms with Gasteiger partial charge in [0.1, 0.15) is 34.1 Å². The zero-order chi connectivity index (χ0) is 34.6. The number of phenolic OH excluding ortho intramolecular Hbond substituents is 1. The van der Waals surface area contributed by atoms with Gasteiger partial charge in [-0.1, -0.05) is 17.8 Å². The lowest BCUT2D eigenvalue weighted by Crippen LogP contribution is -2.75. The molecule has 0 saturated carbocycles. The molecule has 23 heteroatoms. The first-order chi connectivity index (χ1) is 23.5. The molecule has 6 heterocycles. The number of amides is 6. The van der Waals surface area contributed by atoms with Crippen molar-refractivity contribution in [2.75, 3.05) is 41.0 Å². The molecule has 0 spiro atoms. The van der Waals surface area contributed by atoms with Crippen LogP contribution in [0.3, 0.4) is 0 Å². The first-order valence-corrected chi connectivity index (χ1v) is 18.7. The van der Waals surface area contributed by atoms with Crippen molar-refractivity contribution in [3.63, 3.8) is 0 Å². The molecule has 3 fully saturated rings. The van der Waals surface area contributed by atoms with Gasteiger partial charge in [0.2, 0.25) is 10.8 Å². The fraction of sp³-hybridized carbons (Fsp3) is 0.423. The second-order valence-corrected chi connectivity index (χ2v) is 15.8. The van der Waals surface area contributed by atoms with Crippen LogP contribution in [-0.4, -0.2) is 133 Å². The fourth-order valence-electron chi connectivity index (χ4n) is 6.06. The lowest BCUT2D eigenvalue weighted by molar-refractivity contribution is -0.151. The number of aromatic nitrogens is 4. The van der Waals surface area contributed by atoms with Crippen molar-refractivity contribution in [2.24, 2.45) is 0 Å². The number of β-lactam (4-membered cyclic amide) rings is 1. The normalized spacial score (nSPS) is 24.5. The molecule has 6 N–H and O–H groups in total. The van der Waals surface area contributed by atoms with E-state index in [0.717, 1.165) is 37.7 Å². The van der Waals surface area contributed by atoms with Gasteiger partial charge in [-0.2, -0.15) is 0 Å². The average molecular weight is 751 g/mol. The van der Waals surface area contributed by atoms with Crippen molar-refractivity contribution >= 4 is 88.6 Å². The maximum Gasteiger partial charge on any atom is 0.352 e. The maximum absolute atomic E-state index is 14.6. The van der Waals surface area contributed by atoms with Crippen molar-refractivity contribution in [2.45, 2.75) is 33.5 Å². The summed E-state index contributed by atoms with van der Waals surface area (Å²) in [6.07, 6.45) is 0. The molecule has 1 aromatic heterocycles. The number of fused-ring (bicyclic) bond motifs is 3. The largest absolute Gasteiger partial charge is 0.506 e. The highest BCUT2D eigenvalue weighted by Gasteiger charge is 2.60. The van der Waals surface area contributed by atoms with Gasteiger partial charge in [-0.05, 0) is 28.1 Å². The molecule has 49 heavy (non-hydrogen) atoms. The Labute approximate surface area is 292 Å². The molecule has 0 aliphatic carbocycles. The zero-order valence-electron chi connectivity index (χ0n) is 25.0. The minimum Gasteiger partial charge on any atom is -0.506 e. The standard InChI is InChI=1S/C26H26N10O9S4/c37-14-2-1-12-7-13(14)36(25-46-5-6-47-25)26(12,29-23(45)33-4-3-27-22(33)44)21(43)28-16-18(40)35-17(20(41)42)11(9-48-19(16)35)10-49-24-30-31-32-34(24)8-15(38)39/h1-2,7,16,19,25,37H,3-6,8-10H2,(H,27,44)(H,28,43)(H,29,45)(H,38,39)(H,41,42)/t16?,19-,26?/m0/s1. The number of hydrogen-bond donors (Lipinski definition) is 6. The second-order valence-electron chi connectivity index (χ2n) is 11.1. The Bertz CT molecular complexity index is 1820. The molecule has 7 rings (SSSR count). The molecular formula is C26H26N10O9S4. The van der Waals surface area contributed by atoms with E-state index in [2.05, 4.69) is 31.5 Å². The highest BCUT2D eigenvalue weighted by Crippen LogP contribution is 2.52. The van der Waals surface area contributed by atoms with Crippen LogP contribution in [0.25, 0.3) is 0 Å². The van der Waals surface area contributed by atoms with Gasteiger partial charge in [0.25, 0.3) is 11.8 Å². The van der Waals surface area contributed by atoms with E-state index >= 15 is 0 Å². The lowest BCUT2D eigenvalue weighted by Gasteiger charge is -2.51. The molecule has 19 nitrogen and oxygen atoms in total. The summed E-state index contributed by atoms with van der Waals surface area (Å²) >= 11 is 5.25. The van der Waals surface area contributed by atoms with Crippen molar-refractivity contribution in [3.05, 3.63) is 35.0 Å². The number of hydrogen-bond acceptors (Lipinski definition) is 15. The molecule has 258 valence electrons. The van der Waals surface area contributed by atoms with E-state index in [4.69, 9.17) is 5.11 Å². The number of benzene rings is 1. The third-order valence-corrected chi connectivity index (χ3v) is 13.6. The number of nitrogens with zero attached hydrogens (tertiary/aromatic N) is 7. The predicted octanol–water partition coefficient (Wildman–Crippen LogP) is -0.535. The quantitative estimate of drug-likeness (QED) is 0.132. The van der Waals surface area contributed by atoms with Crippen molar-refractivity contribution in [1.82, 2.24) is 46.0 Å². The Morgan fingerprint density at radius 3 is 2.59 bits per heavy atom. The Morgan fingerprint density at radius 1 is 1.12 bits per heavy atom. The number of carbonyl (C=O) groups is 6. The van der Waals surface area contributed by atoms with Crippen LogP contribution in [0.2, 0.25) is 0 Å². The number of carboxylic acids is 2. The van der Waals surface area contributed by atoms with Crippen LogP contribution in [0.5, 0.6) is 5.75 Å². The summed E-state index contributed by atoms with van der Waals surface area (Å²) in [5.74, 6) is -2.47. The number of aliphatic carboxylic acids is 2. The van der Waals surface area contributed by atoms with Crippen LogP contribution in [0.1, 0.15) is 5.56 Å². The van der Waals surface area contributed by atoms with Crippen LogP contribution in [0.15, 0.2) is 34.6 Å². The van der Waals surface area contributed by atoms with Crippen LogP contribution in [-0.2, 0) is 31.4 Å². The number of rotatable bonds is 10. The van der Waals surface area contributed by atoms with Crippen LogP contribution in [0, 0.1) is 0 Å². The summed E-state index contributed by atoms with van der Waals surface area (Å²) in [6.45, 7) is -0.204. The van der Waals surface area contributed by atoms with Gasteiger partial charge in [0, 0.05) is 41.7 Å². The number of carboxylic acid groups (broad SMARTS) is 2. The van der Waals surface area contributed by atoms with Crippen molar-refractivity contribution in [1.29, 1.82) is 0 Å². The Balaban J connectivity index is 1.16. The molecule has 5 aliphatic heterocycles. The minimum atomic E-state index is -1.97. The van der Waals surface area contributed by atoms with Crippen LogP contribution < -0.4 is 20.9 Å². The lowest BCUT2D eigenvalue weighted by atomic mass is 9.98. The molecule has 1 aromatic carbocycles. The fourth-order valence-corrected chi connectivity index (χ4v) is 11.4. The van der Waals surface area contributed by atoms with Crippen LogP contribution >= 0.6 is 47.0 Å². The Morgan fingerprint density at radius 2 is 1.90 bits per heavy atom. The number of imide groups is 1. The molecule has 3 saturated heterocycles. The summed E-state index contributed by atoms with van der Waals surface area (Å²) in [5.41, 5.74) is -1.28. The number of nitrogens with one attached hydrogen (secondary N) is 3. The summed E-state index contributed by atoms with van der Waals surface area (Å²) in [7, 11) is 0. The van der Waals surface area contributed by atoms with Gasteiger partial charge in [-0.15, -0.1) is 40.4 Å². The first kappa shape index (κ1) is 33.2. The van der Waals surface area contributed by atoms with Gasteiger partial charge in [-0.3, -0.25) is 19.3 Å². The highest BCUT2D eigenvalue weighted by molar-refractivity contribution is 8.20. The number of urea groups is 2. The Hall–Kier alpha value is -4.35. The molecule has 6 amide bonds. The molecule has 3 atom stereocenters. The van der Waals surface area contributed by atoms with Crippen LogP contribution in [0.4, 0.5) is 15.3 Å². The molecule has 5 aliphatic rings. The second kappa shape index (κ2) is 12.8. The zero-order valence-corrected chi connectivity index (χ0v) is 28.2. The summed E-state index contributed by atoms with van der Waals surface area (Å²) < 4.78 is 0.627. The number of tetrazole rings is 1. The topological polar surface area (TPSA) is 253 Å². The number of anilines is 1. The van der Waals surface area contributed by atoms with Gasteiger partial charge in [0.05, 0.1) is 5.69 Å². The maximum atomic E-state index is 14.6. The molecule has 2 bridgehead atoms. The van der Waals surface area contributed by atoms with E-state index in [-0.39, 0.29) is 46.9 Å².